The van der Waals surface area contributed by atoms with Crippen molar-refractivity contribution in [3.63, 3.8) is 0 Å². The molecule has 0 spiro atoms. The average Bonchev–Trinajstić information content (AvgIpc) is 2.61. The molecule has 0 unspecified atom stereocenters. The van der Waals surface area contributed by atoms with Gasteiger partial charge in [-0.05, 0) is 40.7 Å². The Kier molecular flexibility index (Phi) is 3.55. The molecule has 0 amide bonds. The van der Waals surface area contributed by atoms with E-state index in [9.17, 15) is 4.79 Å². The van der Waals surface area contributed by atoms with Gasteiger partial charge in [0.15, 0.2) is 5.78 Å². The van der Waals surface area contributed by atoms with E-state index >= 15 is 0 Å². The van der Waals surface area contributed by atoms with Crippen LogP contribution in [-0.2, 0) is 19.3 Å². The first-order chi connectivity index (χ1) is 11.3. The van der Waals surface area contributed by atoms with Crippen molar-refractivity contribution in [1.29, 1.82) is 0 Å². The molecule has 23 heavy (non-hydrogen) atoms. The molecule has 0 aromatic heterocycles. The normalized spacial score (nSPS) is 13.7. The number of aryl methyl sites for hydroxylation is 2. The van der Waals surface area contributed by atoms with Crippen LogP contribution in [-0.4, -0.2) is 5.78 Å². The molecule has 0 N–H and O–H groups in total. The van der Waals surface area contributed by atoms with Crippen LogP contribution >= 0.6 is 0 Å². The van der Waals surface area contributed by atoms with Crippen LogP contribution in [0.5, 0.6) is 0 Å². The number of carbonyl (C=O) groups is 1. The Morgan fingerprint density at radius 2 is 0.957 bits per heavy atom. The highest BCUT2D eigenvalue weighted by Crippen LogP contribution is 2.30. The van der Waals surface area contributed by atoms with Crippen molar-refractivity contribution in [2.24, 2.45) is 0 Å². The molecule has 112 valence electrons. The molecule has 0 bridgehead atoms. The Labute approximate surface area is 136 Å². The maximum absolute atomic E-state index is 12.8. The summed E-state index contributed by atoms with van der Waals surface area (Å²) in [7, 11) is 0. The molecule has 1 aliphatic carbocycles. The van der Waals surface area contributed by atoms with E-state index < -0.39 is 0 Å². The molecule has 0 atom stereocenters. The Hall–Kier alpha value is -2.67. The monoisotopic (exact) mass is 298 g/mol. The summed E-state index contributed by atoms with van der Waals surface area (Å²) < 4.78 is 0. The maximum atomic E-state index is 12.8. The van der Waals surface area contributed by atoms with Gasteiger partial charge in [0.1, 0.15) is 0 Å². The first kappa shape index (κ1) is 14.0. The van der Waals surface area contributed by atoms with Gasteiger partial charge in [-0.3, -0.25) is 4.79 Å². The predicted molar refractivity (Wildman–Crippen MR) is 93.8 cm³/mol. The lowest BCUT2D eigenvalue weighted by molar-refractivity contribution is 0.0992. The number of hydrogen-bond acceptors (Lipinski definition) is 1. The van der Waals surface area contributed by atoms with E-state index in [1.54, 1.807) is 0 Å². The van der Waals surface area contributed by atoms with Gasteiger partial charge in [0, 0.05) is 12.0 Å². The predicted octanol–water partition coefficient (Wildman–Crippen LogP) is 4.88. The smallest absolute Gasteiger partial charge is 0.167 e. The maximum Gasteiger partial charge on any atom is 0.167 e. The van der Waals surface area contributed by atoms with Crippen molar-refractivity contribution >= 4 is 5.78 Å². The zero-order chi connectivity index (χ0) is 15.6. The second-order valence-corrected chi connectivity index (χ2v) is 6.07. The van der Waals surface area contributed by atoms with Crippen LogP contribution < -0.4 is 0 Å². The van der Waals surface area contributed by atoms with Gasteiger partial charge in [0.05, 0.1) is 0 Å². The lowest BCUT2D eigenvalue weighted by Gasteiger charge is -2.17. The highest BCUT2D eigenvalue weighted by Gasteiger charge is 2.17. The van der Waals surface area contributed by atoms with Gasteiger partial charge >= 0.3 is 0 Å². The van der Waals surface area contributed by atoms with Gasteiger partial charge in [-0.15, -0.1) is 0 Å². The Morgan fingerprint density at radius 3 is 1.61 bits per heavy atom. The molecule has 3 aromatic carbocycles. The molecule has 0 saturated heterocycles. The lowest BCUT2D eigenvalue weighted by atomic mass is 9.86. The summed E-state index contributed by atoms with van der Waals surface area (Å²) in [5.41, 5.74) is 6.95. The largest absolute Gasteiger partial charge is 0.294 e. The van der Waals surface area contributed by atoms with Gasteiger partial charge in [0.25, 0.3) is 0 Å². The molecule has 3 aromatic rings. The molecular formula is C22H18O. The molecular weight excluding hydrogens is 280 g/mol. The molecule has 1 nitrogen and oxygen atoms in total. The number of Topliss-reactive ketones (excluding diaryl/α,β-unsaturated/α-hetero) is 1. The summed E-state index contributed by atoms with van der Waals surface area (Å²) in [5.74, 6) is 0.215. The first-order valence-corrected chi connectivity index (χ1v) is 8.10. The van der Waals surface area contributed by atoms with Crippen molar-refractivity contribution in [3.8, 4) is 11.1 Å². The number of rotatable bonds is 0. The van der Waals surface area contributed by atoms with Crippen LogP contribution in [0.15, 0.2) is 72.8 Å². The lowest BCUT2D eigenvalue weighted by Crippen LogP contribution is -2.10. The Balaban J connectivity index is 1.93. The van der Waals surface area contributed by atoms with Crippen LogP contribution in [0.25, 0.3) is 11.1 Å². The van der Waals surface area contributed by atoms with E-state index in [4.69, 9.17) is 0 Å². The second-order valence-electron chi connectivity index (χ2n) is 6.07. The number of fused-ring (bicyclic) bond motifs is 4. The van der Waals surface area contributed by atoms with Gasteiger partial charge in [0.2, 0.25) is 0 Å². The van der Waals surface area contributed by atoms with Crippen molar-refractivity contribution in [3.05, 3.63) is 95.1 Å². The average molecular weight is 298 g/mol. The van der Waals surface area contributed by atoms with Crippen LogP contribution in [0, 0.1) is 0 Å². The fourth-order valence-electron chi connectivity index (χ4n) is 3.49. The first-order valence-electron chi connectivity index (χ1n) is 8.10. The van der Waals surface area contributed by atoms with Crippen LogP contribution in [0.2, 0.25) is 0 Å². The number of carbonyl (C=O) groups excluding carboxylic acids is 1. The molecule has 0 saturated carbocycles. The van der Waals surface area contributed by atoms with E-state index in [-0.39, 0.29) is 5.78 Å². The third-order valence-corrected chi connectivity index (χ3v) is 4.66. The Morgan fingerprint density at radius 1 is 0.522 bits per heavy atom. The third-order valence-electron chi connectivity index (χ3n) is 4.66. The fraction of sp³-hybridized carbons (Fsp3) is 0.136. The van der Waals surface area contributed by atoms with E-state index in [1.165, 1.54) is 16.7 Å². The van der Waals surface area contributed by atoms with Gasteiger partial charge in [-0.2, -0.15) is 0 Å². The minimum Gasteiger partial charge on any atom is -0.294 e. The number of benzene rings is 3. The molecule has 1 aliphatic rings. The van der Waals surface area contributed by atoms with Gasteiger partial charge < -0.3 is 0 Å². The minimum atomic E-state index is 0.215. The molecule has 0 aliphatic heterocycles. The highest BCUT2D eigenvalue weighted by molar-refractivity contribution is 6.00. The topological polar surface area (TPSA) is 17.1 Å². The molecule has 0 fully saturated rings. The zero-order valence-corrected chi connectivity index (χ0v) is 13.0. The van der Waals surface area contributed by atoms with Gasteiger partial charge in [-0.1, -0.05) is 72.8 Å². The standard InChI is InChI=1S/C22H18O/c23-22-15-18-9-3-5-11-20(18)19-10-4-1-7-16(19)13-14-17-8-2-6-12-21(17)22/h1-12H,13-15H2. The van der Waals surface area contributed by atoms with Crippen LogP contribution in [0.3, 0.4) is 0 Å². The van der Waals surface area contributed by atoms with Crippen molar-refractivity contribution in [1.82, 2.24) is 0 Å². The molecule has 4 rings (SSSR count). The zero-order valence-electron chi connectivity index (χ0n) is 13.0. The van der Waals surface area contributed by atoms with Crippen molar-refractivity contribution < 1.29 is 4.79 Å². The van der Waals surface area contributed by atoms with Crippen molar-refractivity contribution in [2.75, 3.05) is 0 Å². The summed E-state index contributed by atoms with van der Waals surface area (Å²) in [5, 5.41) is 0. The van der Waals surface area contributed by atoms with Crippen LogP contribution in [0.4, 0.5) is 0 Å². The second kappa shape index (κ2) is 5.85. The summed E-state index contributed by atoms with van der Waals surface area (Å²) in [6, 6.07) is 24.9. The third kappa shape index (κ3) is 2.59. The van der Waals surface area contributed by atoms with E-state index in [2.05, 4.69) is 48.5 Å². The fourth-order valence-corrected chi connectivity index (χ4v) is 3.49. The minimum absolute atomic E-state index is 0.215. The van der Waals surface area contributed by atoms with Crippen LogP contribution in [0.1, 0.15) is 27.0 Å². The van der Waals surface area contributed by atoms with Crippen molar-refractivity contribution in [2.45, 2.75) is 19.3 Å². The summed E-state index contributed by atoms with van der Waals surface area (Å²) in [6.45, 7) is 0. The van der Waals surface area contributed by atoms with E-state index in [0.717, 1.165) is 29.5 Å². The Bertz CT molecular complexity index is 876. The summed E-state index contributed by atoms with van der Waals surface area (Å²) in [6.07, 6.45) is 2.32. The number of ketones is 1. The number of hydrogen-bond donors (Lipinski definition) is 0. The SMILES string of the molecule is O=C1Cc2ccccc2-c2ccccc2CCc2ccccc21. The van der Waals surface area contributed by atoms with E-state index in [0.29, 0.717) is 6.42 Å². The summed E-state index contributed by atoms with van der Waals surface area (Å²) >= 11 is 0. The summed E-state index contributed by atoms with van der Waals surface area (Å²) in [4.78, 5) is 12.8. The van der Waals surface area contributed by atoms with E-state index in [1.807, 2.05) is 24.3 Å². The molecule has 0 radical (unpaired) electrons. The highest BCUT2D eigenvalue weighted by atomic mass is 16.1. The molecule has 0 heterocycles. The molecule has 1 heteroatoms. The quantitative estimate of drug-likeness (QED) is 0.578. The van der Waals surface area contributed by atoms with Gasteiger partial charge in [-0.25, -0.2) is 0 Å².